The van der Waals surface area contributed by atoms with Crippen molar-refractivity contribution in [2.24, 2.45) is 0 Å². The maximum absolute atomic E-state index is 7.03. The minimum absolute atomic E-state index is 0. The van der Waals surface area contributed by atoms with Gasteiger partial charge in [-0.1, -0.05) is 0 Å². The van der Waals surface area contributed by atoms with Gasteiger partial charge in [0.15, 0.2) is 0 Å². The fourth-order valence-electron chi connectivity index (χ4n) is 0. The van der Waals surface area contributed by atoms with E-state index in [-0.39, 0.29) is 36.0 Å². The molecule has 4 heteroatoms. The molecule has 0 unspecified atom stereocenters. The normalized spacial score (nSPS) is 5.50. The molecule has 0 aliphatic carbocycles. The molecule has 0 bridgehead atoms. The van der Waals surface area contributed by atoms with Crippen molar-refractivity contribution in [2.75, 3.05) is 0 Å². The summed E-state index contributed by atoms with van der Waals surface area (Å²) in [5, 5.41) is 0. The maximum atomic E-state index is 7.03. The summed E-state index contributed by atoms with van der Waals surface area (Å²) in [5.74, 6) is 0. The number of hydrogen-bond donors (Lipinski definition) is 2. The van der Waals surface area contributed by atoms with E-state index in [0.29, 0.717) is 0 Å². The molecule has 2 nitrogen and oxygen atoms in total. The van der Waals surface area contributed by atoms with Gasteiger partial charge in [0.05, 0.1) is 0 Å². The standard InChI is InChI=1S/Cu.2H2O.Pd/h;2*1H2;/q+2;;;+2/p-2. The zero-order valence-corrected chi connectivity index (χ0v) is 4.01. The molecule has 0 aromatic rings. The molecule has 0 rings (SSSR count). The van der Waals surface area contributed by atoms with Crippen molar-refractivity contribution in [3.63, 3.8) is 0 Å². The molecule has 2 N–H and O–H groups in total. The van der Waals surface area contributed by atoms with Gasteiger partial charge in [0, 0.05) is 0 Å². The SMILES string of the molecule is [OH][Cu][OH].[Pd+2]. The van der Waals surface area contributed by atoms with Gasteiger partial charge >= 0.3 is 44.4 Å². The summed E-state index contributed by atoms with van der Waals surface area (Å²) in [6.45, 7) is 0. The summed E-state index contributed by atoms with van der Waals surface area (Å²) in [6, 6.07) is 0. The smallest absolute Gasteiger partial charge is 2.00 e. The predicted octanol–water partition coefficient (Wildman–Crippen LogP) is -1.12. The summed E-state index contributed by atoms with van der Waals surface area (Å²) in [4.78, 5) is 0. The van der Waals surface area contributed by atoms with Gasteiger partial charge < -0.3 is 0 Å². The van der Waals surface area contributed by atoms with E-state index in [1.54, 1.807) is 0 Å². The van der Waals surface area contributed by atoms with Crippen molar-refractivity contribution in [1.82, 2.24) is 0 Å². The second-order valence-electron chi connectivity index (χ2n) is 0.0603. The third-order valence-electron chi connectivity index (χ3n) is 0. The van der Waals surface area contributed by atoms with Crippen LogP contribution in [0.3, 0.4) is 0 Å². The van der Waals surface area contributed by atoms with Gasteiger partial charge in [-0.25, -0.2) is 0 Å². The van der Waals surface area contributed by atoms with Gasteiger partial charge in [0.25, 0.3) is 0 Å². The van der Waals surface area contributed by atoms with E-state index in [2.05, 4.69) is 0 Å². The van der Waals surface area contributed by atoms with E-state index in [1.165, 1.54) is 0 Å². The molecular formula is H2CuO2Pd+2. The van der Waals surface area contributed by atoms with Gasteiger partial charge in [-0.15, -0.1) is 0 Å². The summed E-state index contributed by atoms with van der Waals surface area (Å²) in [7, 11) is 0. The molecule has 0 aliphatic rings. The molecule has 4 heavy (non-hydrogen) atoms. The molecule has 0 aromatic heterocycles. The molecule has 0 fully saturated rings. The minimum Gasteiger partial charge on any atom is 2.00 e. The molecule has 0 atom stereocenters. The summed E-state index contributed by atoms with van der Waals surface area (Å²) < 4.78 is 14.1. The van der Waals surface area contributed by atoms with Crippen LogP contribution in [0.5, 0.6) is 0 Å². The van der Waals surface area contributed by atoms with Crippen LogP contribution in [0.25, 0.3) is 0 Å². The van der Waals surface area contributed by atoms with Crippen molar-refractivity contribution >= 4 is 0 Å². The van der Waals surface area contributed by atoms with E-state index in [0.717, 1.165) is 0 Å². The minimum atomic E-state index is -0.188. The molecule has 0 amide bonds. The van der Waals surface area contributed by atoms with Gasteiger partial charge in [0.2, 0.25) is 0 Å². The van der Waals surface area contributed by atoms with Gasteiger partial charge in [-0.3, -0.25) is 0 Å². The Morgan fingerprint density at radius 2 is 1.25 bits per heavy atom. The van der Waals surface area contributed by atoms with Crippen LogP contribution in [0.2, 0.25) is 0 Å². The fourth-order valence-corrected chi connectivity index (χ4v) is 0. The van der Waals surface area contributed by atoms with Crippen LogP contribution in [0.1, 0.15) is 0 Å². The van der Waals surface area contributed by atoms with Crippen molar-refractivity contribution < 1.29 is 44.4 Å². The topological polar surface area (TPSA) is 40.5 Å². The zero-order chi connectivity index (χ0) is 2.71. The monoisotopic (exact) mass is 203 g/mol. The number of rotatable bonds is 0. The van der Waals surface area contributed by atoms with Crippen LogP contribution in [0, 0.1) is 0 Å². The first-order valence-corrected chi connectivity index (χ1v) is 1.11. The van der Waals surface area contributed by atoms with Crippen molar-refractivity contribution in [3.05, 3.63) is 0 Å². The largest absolute Gasteiger partial charge is 2.00 e. The van der Waals surface area contributed by atoms with Crippen molar-refractivity contribution in [2.45, 2.75) is 0 Å². The zero-order valence-electron chi connectivity index (χ0n) is 1.51. The quantitative estimate of drug-likeness (QED) is 0.490. The van der Waals surface area contributed by atoms with Crippen LogP contribution < -0.4 is 0 Å². The molecule has 0 aliphatic heterocycles. The first kappa shape index (κ1) is 8.92. The van der Waals surface area contributed by atoms with Crippen molar-refractivity contribution in [1.29, 1.82) is 0 Å². The van der Waals surface area contributed by atoms with Gasteiger partial charge in [-0.05, 0) is 0 Å². The summed E-state index contributed by atoms with van der Waals surface area (Å²) in [6.07, 6.45) is 0. The fraction of sp³-hybridized carbons (Fsp3) is 0. The molecule has 0 aromatic carbocycles. The molecule has 0 spiro atoms. The van der Waals surface area contributed by atoms with E-state index >= 15 is 0 Å². The summed E-state index contributed by atoms with van der Waals surface area (Å²) in [5.41, 5.74) is 0. The Morgan fingerprint density at radius 3 is 1.25 bits per heavy atom. The van der Waals surface area contributed by atoms with Gasteiger partial charge in [-0.2, -0.15) is 0 Å². The van der Waals surface area contributed by atoms with Gasteiger partial charge in [0.1, 0.15) is 0 Å². The van der Waals surface area contributed by atoms with Crippen LogP contribution in [-0.4, -0.2) is 8.38 Å². The molecule has 0 saturated carbocycles. The van der Waals surface area contributed by atoms with Crippen LogP contribution in [0.15, 0.2) is 0 Å². The Kier molecular flexibility index (Phi) is 19.9. The Morgan fingerprint density at radius 1 is 1.25 bits per heavy atom. The Labute approximate surface area is 44.7 Å². The predicted molar refractivity (Wildman–Crippen MR) is 4.44 cm³/mol. The molecule has 0 radical (unpaired) electrons. The van der Waals surface area contributed by atoms with Crippen LogP contribution >= 0.6 is 0 Å². The molecular weight excluding hydrogens is 202 g/mol. The third-order valence-corrected chi connectivity index (χ3v) is 0. The third kappa shape index (κ3) is 11.3. The Bertz CT molecular complexity index is 6.00. The first-order valence-electron chi connectivity index (χ1n) is 0.270. The Hall–Kier alpha value is 1.10. The summed E-state index contributed by atoms with van der Waals surface area (Å²) >= 11 is -0.188. The number of hydrogen-bond acceptors (Lipinski definition) is 2. The second kappa shape index (κ2) is 8.93. The van der Waals surface area contributed by atoms with Crippen LogP contribution in [0.4, 0.5) is 0 Å². The van der Waals surface area contributed by atoms with Crippen LogP contribution in [-0.2, 0) is 36.0 Å². The average molecular weight is 204 g/mol. The second-order valence-corrected chi connectivity index (χ2v) is 0.249. The Balaban J connectivity index is 0. The van der Waals surface area contributed by atoms with E-state index in [4.69, 9.17) is 8.38 Å². The molecule has 33 valence electrons. The van der Waals surface area contributed by atoms with E-state index in [9.17, 15) is 0 Å². The van der Waals surface area contributed by atoms with Crippen molar-refractivity contribution in [3.8, 4) is 0 Å². The average Bonchev–Trinajstić information content (AvgIpc) is 0.918. The first-order chi connectivity index (χ1) is 1.41. The maximum Gasteiger partial charge on any atom is 2.00 e. The van der Waals surface area contributed by atoms with E-state index < -0.39 is 0 Å². The molecule has 0 heterocycles. The van der Waals surface area contributed by atoms with E-state index in [1.807, 2.05) is 0 Å². The molecule has 0 saturated heterocycles.